The zero-order chi connectivity index (χ0) is 13.5. The third-order valence-electron chi connectivity index (χ3n) is 3.68. The van der Waals surface area contributed by atoms with Crippen LogP contribution in [0.25, 0.3) is 0 Å². The van der Waals surface area contributed by atoms with Crippen molar-refractivity contribution in [3.8, 4) is 0 Å². The number of fused-ring (bicyclic) bond motifs is 1. The van der Waals surface area contributed by atoms with Gasteiger partial charge in [-0.3, -0.25) is 4.79 Å². The van der Waals surface area contributed by atoms with Crippen molar-refractivity contribution in [2.24, 2.45) is 5.92 Å². The second-order valence-electron chi connectivity index (χ2n) is 5.19. The lowest BCUT2D eigenvalue weighted by molar-refractivity contribution is -0.119. The van der Waals surface area contributed by atoms with Gasteiger partial charge in [0.25, 0.3) is 0 Å². The highest BCUT2D eigenvalue weighted by Gasteiger charge is 2.33. The second-order valence-corrected chi connectivity index (χ2v) is 8.50. The van der Waals surface area contributed by atoms with Crippen molar-refractivity contribution in [2.75, 3.05) is 16.8 Å². The Balaban J connectivity index is 1.68. The third-order valence-corrected chi connectivity index (χ3v) is 6.52. The molecule has 3 rings (SSSR count). The van der Waals surface area contributed by atoms with E-state index in [0.717, 1.165) is 25.0 Å². The van der Waals surface area contributed by atoms with Crippen molar-refractivity contribution in [1.82, 2.24) is 4.98 Å². The average Bonchev–Trinajstić information content (AvgIpc) is 2.91. The van der Waals surface area contributed by atoms with Gasteiger partial charge in [-0.1, -0.05) is 0 Å². The van der Waals surface area contributed by atoms with Crippen LogP contribution in [0.5, 0.6) is 0 Å². The fraction of sp³-hybridized carbons (Fsp3) is 0.667. The van der Waals surface area contributed by atoms with E-state index in [1.54, 1.807) is 0 Å². The molecule has 1 aliphatic carbocycles. The molecule has 19 heavy (non-hydrogen) atoms. The molecule has 1 saturated heterocycles. The van der Waals surface area contributed by atoms with E-state index < -0.39 is 15.8 Å². The van der Waals surface area contributed by atoms with Crippen LogP contribution in [0.3, 0.4) is 0 Å². The largest absolute Gasteiger partial charge is 0.302 e. The van der Waals surface area contributed by atoms with Crippen molar-refractivity contribution in [3.05, 3.63) is 10.6 Å². The highest BCUT2D eigenvalue weighted by atomic mass is 32.2. The smallest absolute Gasteiger partial charge is 0.230 e. The maximum Gasteiger partial charge on any atom is 0.230 e. The molecule has 0 radical (unpaired) electrons. The van der Waals surface area contributed by atoms with Crippen molar-refractivity contribution >= 4 is 32.2 Å². The van der Waals surface area contributed by atoms with E-state index in [1.807, 2.05) is 0 Å². The Hall–Kier alpha value is -0.950. The van der Waals surface area contributed by atoms with E-state index in [1.165, 1.54) is 22.6 Å². The summed E-state index contributed by atoms with van der Waals surface area (Å²) in [4.78, 5) is 17.7. The van der Waals surface area contributed by atoms with Crippen molar-refractivity contribution < 1.29 is 13.2 Å². The number of hydrogen-bond acceptors (Lipinski definition) is 5. The van der Waals surface area contributed by atoms with Gasteiger partial charge in [-0.15, -0.1) is 11.3 Å². The Morgan fingerprint density at radius 3 is 2.79 bits per heavy atom. The van der Waals surface area contributed by atoms with Crippen LogP contribution in [0.2, 0.25) is 0 Å². The lowest BCUT2D eigenvalue weighted by Crippen LogP contribution is -2.23. The molecule has 1 aromatic rings. The quantitative estimate of drug-likeness (QED) is 0.895. The molecule has 1 amide bonds. The minimum atomic E-state index is -3.01. The zero-order valence-electron chi connectivity index (χ0n) is 10.5. The molecule has 1 N–H and O–H groups in total. The van der Waals surface area contributed by atoms with E-state index in [9.17, 15) is 13.2 Å². The molecule has 5 nitrogen and oxygen atoms in total. The molecule has 0 aromatic carbocycles. The molecule has 104 valence electrons. The van der Waals surface area contributed by atoms with Crippen LogP contribution >= 0.6 is 11.3 Å². The average molecular weight is 300 g/mol. The number of rotatable bonds is 2. The fourth-order valence-corrected chi connectivity index (χ4v) is 5.41. The number of amides is 1. The summed E-state index contributed by atoms with van der Waals surface area (Å²) < 4.78 is 22.7. The van der Waals surface area contributed by atoms with Crippen molar-refractivity contribution in [2.45, 2.75) is 32.1 Å². The van der Waals surface area contributed by atoms with Crippen LogP contribution in [-0.4, -0.2) is 30.8 Å². The molecule has 1 aliphatic heterocycles. The summed E-state index contributed by atoms with van der Waals surface area (Å²) in [5.41, 5.74) is 1.10. The van der Waals surface area contributed by atoms with Crippen LogP contribution < -0.4 is 5.32 Å². The summed E-state index contributed by atoms with van der Waals surface area (Å²) in [5.74, 6) is -0.512. The number of carbonyl (C=O) groups excluding carboxylic acids is 1. The van der Waals surface area contributed by atoms with Gasteiger partial charge in [0.1, 0.15) is 0 Å². The lowest BCUT2D eigenvalue weighted by Gasteiger charge is -2.06. The lowest BCUT2D eigenvalue weighted by atomic mass is 10.0. The van der Waals surface area contributed by atoms with Gasteiger partial charge < -0.3 is 5.32 Å². The van der Waals surface area contributed by atoms with Crippen LogP contribution in [-0.2, 0) is 27.5 Å². The zero-order valence-corrected chi connectivity index (χ0v) is 12.1. The highest BCUT2D eigenvalue weighted by molar-refractivity contribution is 7.91. The first-order valence-electron chi connectivity index (χ1n) is 6.53. The first-order valence-corrected chi connectivity index (χ1v) is 9.17. The molecule has 0 unspecified atom stereocenters. The predicted molar refractivity (Wildman–Crippen MR) is 74.1 cm³/mol. The van der Waals surface area contributed by atoms with Crippen LogP contribution in [0.4, 0.5) is 5.13 Å². The van der Waals surface area contributed by atoms with Gasteiger partial charge >= 0.3 is 0 Å². The van der Waals surface area contributed by atoms with Crippen molar-refractivity contribution in [3.63, 3.8) is 0 Å². The topological polar surface area (TPSA) is 76.1 Å². The highest BCUT2D eigenvalue weighted by Crippen LogP contribution is 2.30. The monoisotopic (exact) mass is 300 g/mol. The molecular formula is C12H16N2O3S2. The number of carbonyl (C=O) groups is 1. The van der Waals surface area contributed by atoms with Crippen LogP contribution in [0.1, 0.15) is 29.8 Å². The molecule has 7 heteroatoms. The van der Waals surface area contributed by atoms with E-state index >= 15 is 0 Å². The van der Waals surface area contributed by atoms with E-state index in [0.29, 0.717) is 11.6 Å². The van der Waals surface area contributed by atoms with E-state index in [2.05, 4.69) is 10.3 Å². The minimum Gasteiger partial charge on any atom is -0.302 e. The maximum absolute atomic E-state index is 12.0. The molecule has 0 spiro atoms. The van der Waals surface area contributed by atoms with Gasteiger partial charge in [0.05, 0.1) is 23.1 Å². The van der Waals surface area contributed by atoms with Gasteiger partial charge in [0.15, 0.2) is 15.0 Å². The summed E-state index contributed by atoms with van der Waals surface area (Å²) in [5, 5.41) is 3.41. The number of nitrogens with zero attached hydrogens (tertiary/aromatic N) is 1. The summed E-state index contributed by atoms with van der Waals surface area (Å²) in [6.07, 6.45) is 4.80. The van der Waals surface area contributed by atoms with Crippen LogP contribution in [0, 0.1) is 5.92 Å². The number of aromatic nitrogens is 1. The predicted octanol–water partition coefficient (Wildman–Crippen LogP) is 1.40. The normalized spacial score (nSPS) is 24.9. The maximum atomic E-state index is 12.0. The minimum absolute atomic E-state index is 0.0239. The Labute approximate surface area is 116 Å². The van der Waals surface area contributed by atoms with Crippen molar-refractivity contribution in [1.29, 1.82) is 0 Å². The van der Waals surface area contributed by atoms with Gasteiger partial charge in [0.2, 0.25) is 5.91 Å². The molecule has 1 fully saturated rings. The molecule has 1 atom stereocenters. The number of aryl methyl sites for hydroxylation is 2. The SMILES string of the molecule is O=C(Nc1nc2c(s1)CCCC2)[C@H]1CCS(=O)(=O)C1. The number of anilines is 1. The molecule has 1 aromatic heterocycles. The molecule has 2 aliphatic rings. The Kier molecular flexibility index (Phi) is 3.34. The van der Waals surface area contributed by atoms with Gasteiger partial charge in [-0.2, -0.15) is 0 Å². The summed E-state index contributed by atoms with van der Waals surface area (Å²) in [7, 11) is -3.01. The number of nitrogens with one attached hydrogen (secondary N) is 1. The number of sulfone groups is 1. The molecular weight excluding hydrogens is 284 g/mol. The second kappa shape index (κ2) is 4.86. The molecule has 0 saturated carbocycles. The standard InChI is InChI=1S/C12H16N2O3S2/c15-11(8-5-6-19(16,17)7-8)14-12-13-9-3-1-2-4-10(9)18-12/h8H,1-7H2,(H,13,14,15)/t8-/m0/s1. The summed E-state index contributed by atoms with van der Waals surface area (Å²) in [6.45, 7) is 0. The van der Waals surface area contributed by atoms with E-state index in [-0.39, 0.29) is 17.4 Å². The van der Waals surface area contributed by atoms with E-state index in [4.69, 9.17) is 0 Å². The third kappa shape index (κ3) is 2.81. The summed E-state index contributed by atoms with van der Waals surface area (Å²) in [6, 6.07) is 0. The Morgan fingerprint density at radius 2 is 2.11 bits per heavy atom. The van der Waals surface area contributed by atoms with Crippen LogP contribution in [0.15, 0.2) is 0 Å². The van der Waals surface area contributed by atoms with Gasteiger partial charge in [-0.05, 0) is 32.1 Å². The van der Waals surface area contributed by atoms with Gasteiger partial charge in [-0.25, -0.2) is 13.4 Å². The fourth-order valence-electron chi connectivity index (χ4n) is 2.61. The Bertz CT molecular complexity index is 583. The van der Waals surface area contributed by atoms with Gasteiger partial charge in [0, 0.05) is 4.88 Å². The molecule has 2 heterocycles. The Morgan fingerprint density at radius 1 is 1.32 bits per heavy atom. The number of hydrogen-bond donors (Lipinski definition) is 1. The number of thiazole rings is 1. The summed E-state index contributed by atoms with van der Waals surface area (Å²) >= 11 is 1.53. The first-order chi connectivity index (χ1) is 9.03. The first kappa shape index (κ1) is 13.1. The molecule has 0 bridgehead atoms.